The number of benzene rings is 3. The molecule has 1 unspecified atom stereocenters. The molecule has 0 amide bonds. The normalized spacial score (nSPS) is 17.6. The SMILES string of the molecule is C1=C2c3ccccc3N(c3ccccc3)C2Cc2[nH]c3ccccc3c21. The van der Waals surface area contributed by atoms with E-state index in [0.29, 0.717) is 6.04 Å². The summed E-state index contributed by atoms with van der Waals surface area (Å²) >= 11 is 0. The lowest BCUT2D eigenvalue weighted by atomic mass is 9.89. The standard InChI is InChI=1S/C24H18N2/c1-2-8-16(9-3-1)26-23-13-7-5-11-18(23)20-14-19-17-10-4-6-12-21(17)25-22(19)15-24(20)26/h1-14,24-25H,15H2. The first-order valence-electron chi connectivity index (χ1n) is 9.15. The third kappa shape index (κ3) is 1.81. The van der Waals surface area contributed by atoms with E-state index in [2.05, 4.69) is 94.8 Å². The molecule has 0 saturated heterocycles. The van der Waals surface area contributed by atoms with E-state index < -0.39 is 0 Å². The number of H-pyrrole nitrogens is 1. The Hall–Kier alpha value is -3.26. The van der Waals surface area contributed by atoms with Crippen molar-refractivity contribution in [2.75, 3.05) is 4.90 Å². The summed E-state index contributed by atoms with van der Waals surface area (Å²) in [6.07, 6.45) is 3.41. The number of aromatic amines is 1. The van der Waals surface area contributed by atoms with Crippen LogP contribution in [0.5, 0.6) is 0 Å². The van der Waals surface area contributed by atoms with E-state index in [1.165, 1.54) is 44.7 Å². The fourth-order valence-corrected chi connectivity index (χ4v) is 4.59. The summed E-state index contributed by atoms with van der Waals surface area (Å²) in [6, 6.07) is 28.5. The third-order valence-electron chi connectivity index (χ3n) is 5.70. The number of nitrogens with zero attached hydrogens (tertiary/aromatic N) is 1. The summed E-state index contributed by atoms with van der Waals surface area (Å²) in [5.74, 6) is 0. The van der Waals surface area contributed by atoms with Crippen molar-refractivity contribution in [3.63, 3.8) is 0 Å². The molecule has 26 heavy (non-hydrogen) atoms. The van der Waals surface area contributed by atoms with Gasteiger partial charge in [0, 0.05) is 45.5 Å². The molecule has 1 aliphatic heterocycles. The van der Waals surface area contributed by atoms with Crippen LogP contribution in [0.2, 0.25) is 0 Å². The zero-order valence-corrected chi connectivity index (χ0v) is 14.3. The first kappa shape index (κ1) is 14.0. The third-order valence-corrected chi connectivity index (χ3v) is 5.70. The molecule has 0 spiro atoms. The average molecular weight is 334 g/mol. The highest BCUT2D eigenvalue weighted by Crippen LogP contribution is 2.49. The van der Waals surface area contributed by atoms with Crippen molar-refractivity contribution in [1.82, 2.24) is 4.98 Å². The van der Waals surface area contributed by atoms with Crippen LogP contribution >= 0.6 is 0 Å². The summed E-state index contributed by atoms with van der Waals surface area (Å²) in [7, 11) is 0. The second-order valence-corrected chi connectivity index (χ2v) is 7.11. The van der Waals surface area contributed by atoms with Crippen LogP contribution in [-0.4, -0.2) is 11.0 Å². The molecule has 1 aliphatic carbocycles. The summed E-state index contributed by atoms with van der Waals surface area (Å²) in [4.78, 5) is 6.15. The van der Waals surface area contributed by atoms with Gasteiger partial charge < -0.3 is 9.88 Å². The molecule has 2 nitrogen and oxygen atoms in total. The highest BCUT2D eigenvalue weighted by molar-refractivity contribution is 6.04. The van der Waals surface area contributed by atoms with Crippen LogP contribution in [0.15, 0.2) is 78.9 Å². The van der Waals surface area contributed by atoms with Crippen molar-refractivity contribution in [1.29, 1.82) is 0 Å². The molecule has 0 fully saturated rings. The molecule has 0 radical (unpaired) electrons. The topological polar surface area (TPSA) is 19.0 Å². The number of nitrogens with one attached hydrogen (secondary N) is 1. The predicted molar refractivity (Wildman–Crippen MR) is 109 cm³/mol. The minimum absolute atomic E-state index is 0.343. The quantitative estimate of drug-likeness (QED) is 0.467. The monoisotopic (exact) mass is 334 g/mol. The molecular formula is C24H18N2. The van der Waals surface area contributed by atoms with Crippen LogP contribution in [0.3, 0.4) is 0 Å². The van der Waals surface area contributed by atoms with Crippen LogP contribution in [-0.2, 0) is 6.42 Å². The Morgan fingerprint density at radius 1 is 0.808 bits per heavy atom. The molecule has 1 N–H and O–H groups in total. The molecule has 2 aliphatic rings. The van der Waals surface area contributed by atoms with Gasteiger partial charge in [0.2, 0.25) is 0 Å². The highest BCUT2D eigenvalue weighted by Gasteiger charge is 2.37. The Bertz CT molecular complexity index is 1170. The van der Waals surface area contributed by atoms with Crippen LogP contribution in [0.4, 0.5) is 11.4 Å². The Morgan fingerprint density at radius 2 is 1.58 bits per heavy atom. The maximum atomic E-state index is 3.66. The van der Waals surface area contributed by atoms with Crippen LogP contribution in [0, 0.1) is 0 Å². The maximum Gasteiger partial charge on any atom is 0.0653 e. The van der Waals surface area contributed by atoms with E-state index >= 15 is 0 Å². The van der Waals surface area contributed by atoms with Crippen molar-refractivity contribution in [2.24, 2.45) is 0 Å². The van der Waals surface area contributed by atoms with Gasteiger partial charge in [0.1, 0.15) is 0 Å². The van der Waals surface area contributed by atoms with Gasteiger partial charge in [-0.05, 0) is 35.9 Å². The fourth-order valence-electron chi connectivity index (χ4n) is 4.59. The van der Waals surface area contributed by atoms with Gasteiger partial charge in [-0.2, -0.15) is 0 Å². The molecule has 4 aromatic rings. The molecule has 2 heterocycles. The highest BCUT2D eigenvalue weighted by atomic mass is 15.2. The van der Waals surface area contributed by atoms with E-state index in [-0.39, 0.29) is 0 Å². The number of rotatable bonds is 1. The van der Waals surface area contributed by atoms with Crippen molar-refractivity contribution in [2.45, 2.75) is 12.5 Å². The molecule has 0 saturated carbocycles. The van der Waals surface area contributed by atoms with Gasteiger partial charge in [-0.1, -0.05) is 54.6 Å². The lowest BCUT2D eigenvalue weighted by Gasteiger charge is -2.30. The van der Waals surface area contributed by atoms with Gasteiger partial charge in [0.05, 0.1) is 6.04 Å². The second-order valence-electron chi connectivity index (χ2n) is 7.11. The molecular weight excluding hydrogens is 316 g/mol. The van der Waals surface area contributed by atoms with Gasteiger partial charge in [-0.3, -0.25) is 0 Å². The van der Waals surface area contributed by atoms with E-state index in [1.54, 1.807) is 0 Å². The molecule has 6 rings (SSSR count). The number of aromatic nitrogens is 1. The average Bonchev–Trinajstić information content (AvgIpc) is 3.22. The van der Waals surface area contributed by atoms with E-state index in [4.69, 9.17) is 0 Å². The smallest absolute Gasteiger partial charge is 0.0653 e. The van der Waals surface area contributed by atoms with E-state index in [9.17, 15) is 0 Å². The second kappa shape index (κ2) is 5.12. The minimum atomic E-state index is 0.343. The lowest BCUT2D eigenvalue weighted by Crippen LogP contribution is -2.30. The molecule has 1 atom stereocenters. The van der Waals surface area contributed by atoms with Gasteiger partial charge in [0.25, 0.3) is 0 Å². The van der Waals surface area contributed by atoms with Crippen molar-refractivity contribution >= 4 is 33.9 Å². The first-order chi connectivity index (χ1) is 12.9. The molecule has 3 aromatic carbocycles. The van der Waals surface area contributed by atoms with Crippen LogP contribution in [0.1, 0.15) is 16.8 Å². The summed E-state index contributed by atoms with van der Waals surface area (Å²) in [6.45, 7) is 0. The number of hydrogen-bond donors (Lipinski definition) is 1. The van der Waals surface area contributed by atoms with Crippen LogP contribution < -0.4 is 4.90 Å². The molecule has 0 bridgehead atoms. The van der Waals surface area contributed by atoms with Crippen molar-refractivity contribution < 1.29 is 0 Å². The fraction of sp³-hybridized carbons (Fsp3) is 0.0833. The lowest BCUT2D eigenvalue weighted by molar-refractivity contribution is 0.793. The van der Waals surface area contributed by atoms with Crippen molar-refractivity contribution in [3.05, 3.63) is 95.7 Å². The number of para-hydroxylation sites is 3. The van der Waals surface area contributed by atoms with Gasteiger partial charge in [0.15, 0.2) is 0 Å². The Morgan fingerprint density at radius 3 is 2.50 bits per heavy atom. The zero-order chi connectivity index (χ0) is 17.1. The van der Waals surface area contributed by atoms with Gasteiger partial charge in [-0.25, -0.2) is 0 Å². The summed E-state index contributed by atoms with van der Waals surface area (Å²) in [5, 5.41) is 1.32. The van der Waals surface area contributed by atoms with Gasteiger partial charge in [-0.15, -0.1) is 0 Å². The Kier molecular flexibility index (Phi) is 2.75. The Labute approximate surface area is 152 Å². The molecule has 2 heteroatoms. The first-order valence-corrected chi connectivity index (χ1v) is 9.15. The largest absolute Gasteiger partial charge is 0.358 e. The Balaban J connectivity index is 1.60. The van der Waals surface area contributed by atoms with Crippen molar-refractivity contribution in [3.8, 4) is 0 Å². The number of anilines is 2. The van der Waals surface area contributed by atoms with E-state index in [0.717, 1.165) is 6.42 Å². The minimum Gasteiger partial charge on any atom is -0.358 e. The predicted octanol–water partition coefficient (Wildman–Crippen LogP) is 5.78. The summed E-state index contributed by atoms with van der Waals surface area (Å²) in [5.41, 5.74) is 9.29. The maximum absolute atomic E-state index is 3.66. The van der Waals surface area contributed by atoms with E-state index in [1.807, 2.05) is 0 Å². The molecule has 124 valence electrons. The molecule has 1 aromatic heterocycles. The van der Waals surface area contributed by atoms with Gasteiger partial charge >= 0.3 is 0 Å². The zero-order valence-electron chi connectivity index (χ0n) is 14.3. The number of fused-ring (bicyclic) bond motifs is 6. The number of hydrogen-bond acceptors (Lipinski definition) is 1. The summed E-state index contributed by atoms with van der Waals surface area (Å²) < 4.78 is 0. The van der Waals surface area contributed by atoms with Crippen LogP contribution in [0.25, 0.3) is 22.6 Å².